The van der Waals surface area contributed by atoms with E-state index in [4.69, 9.17) is 0 Å². The van der Waals surface area contributed by atoms with Crippen molar-refractivity contribution in [1.29, 1.82) is 0 Å². The van der Waals surface area contributed by atoms with Gasteiger partial charge < -0.3 is 5.32 Å². The molecule has 0 bridgehead atoms. The first-order valence-corrected chi connectivity index (χ1v) is 7.34. The fourth-order valence-electron chi connectivity index (χ4n) is 3.22. The first-order valence-electron chi connectivity index (χ1n) is 7.34. The van der Waals surface area contributed by atoms with E-state index in [2.05, 4.69) is 42.6 Å². The monoisotopic (exact) mass is 241 g/mol. The van der Waals surface area contributed by atoms with Gasteiger partial charge in [-0.2, -0.15) is 0 Å². The van der Waals surface area contributed by atoms with Gasteiger partial charge in [0.2, 0.25) is 0 Å². The lowest BCUT2D eigenvalue weighted by Gasteiger charge is -2.25. The molecule has 0 spiro atoms. The Bertz CT molecular complexity index is 447. The predicted octanol–water partition coefficient (Wildman–Crippen LogP) is 3.58. The van der Waals surface area contributed by atoms with Gasteiger partial charge in [-0.25, -0.2) is 0 Å². The van der Waals surface area contributed by atoms with Crippen molar-refractivity contribution >= 4 is 6.08 Å². The van der Waals surface area contributed by atoms with E-state index in [1.165, 1.54) is 44.2 Å². The molecule has 2 atom stereocenters. The molecule has 3 rings (SSSR count). The van der Waals surface area contributed by atoms with Crippen molar-refractivity contribution in [3.8, 4) is 0 Å². The van der Waals surface area contributed by atoms with Crippen LogP contribution in [-0.2, 0) is 12.8 Å². The third-order valence-corrected chi connectivity index (χ3v) is 4.34. The third-order valence-electron chi connectivity index (χ3n) is 4.34. The number of fused-ring (bicyclic) bond motifs is 1. The highest BCUT2D eigenvalue weighted by Crippen LogP contribution is 2.23. The molecule has 1 N–H and O–H groups in total. The highest BCUT2D eigenvalue weighted by molar-refractivity contribution is 5.53. The summed E-state index contributed by atoms with van der Waals surface area (Å²) in [5.74, 6) is 0.862. The fourth-order valence-corrected chi connectivity index (χ4v) is 3.22. The first kappa shape index (κ1) is 12.0. The van der Waals surface area contributed by atoms with Crippen LogP contribution in [0.3, 0.4) is 0 Å². The van der Waals surface area contributed by atoms with Gasteiger partial charge in [-0.3, -0.25) is 0 Å². The number of benzene rings is 1. The van der Waals surface area contributed by atoms with Crippen LogP contribution in [0, 0.1) is 5.92 Å². The smallest absolute Gasteiger partial charge is 0.0255 e. The van der Waals surface area contributed by atoms with E-state index in [0.717, 1.165) is 5.92 Å². The molecule has 96 valence electrons. The van der Waals surface area contributed by atoms with E-state index in [9.17, 15) is 0 Å². The Labute approximate surface area is 110 Å². The Morgan fingerprint density at radius 2 is 2.11 bits per heavy atom. The zero-order valence-electron chi connectivity index (χ0n) is 11.3. The summed E-state index contributed by atoms with van der Waals surface area (Å²) in [6, 6.07) is 7.54. The van der Waals surface area contributed by atoms with Gasteiger partial charge in [0, 0.05) is 6.04 Å². The molecule has 2 aliphatic rings. The highest BCUT2D eigenvalue weighted by atomic mass is 14.9. The van der Waals surface area contributed by atoms with E-state index in [1.807, 2.05) is 0 Å². The standard InChI is InChI=1S/C17H23N/c1-13-9-10-18-17(11-13)8-6-14-5-7-15-3-2-4-16(15)12-14/h5-8,12-13,17-18H,2-4,9-11H2,1H3/b8-6+. The molecule has 1 aromatic rings. The Morgan fingerprint density at radius 3 is 3.00 bits per heavy atom. The molecule has 1 nitrogen and oxygen atoms in total. The minimum Gasteiger partial charge on any atom is -0.310 e. The average Bonchev–Trinajstić information content (AvgIpc) is 2.84. The molecule has 1 saturated heterocycles. The highest BCUT2D eigenvalue weighted by Gasteiger charge is 2.15. The van der Waals surface area contributed by atoms with Gasteiger partial charge in [0.1, 0.15) is 0 Å². The van der Waals surface area contributed by atoms with Crippen LogP contribution < -0.4 is 5.32 Å². The molecular weight excluding hydrogens is 218 g/mol. The zero-order chi connectivity index (χ0) is 12.4. The molecule has 1 aliphatic carbocycles. The van der Waals surface area contributed by atoms with Gasteiger partial charge in [-0.15, -0.1) is 0 Å². The third kappa shape index (κ3) is 2.67. The van der Waals surface area contributed by atoms with Crippen LogP contribution in [0.15, 0.2) is 24.3 Å². The molecule has 0 saturated carbocycles. The summed E-state index contributed by atoms with van der Waals surface area (Å²) in [5, 5.41) is 3.59. The SMILES string of the molecule is CC1CCNC(/C=C/c2ccc3c(c2)CCC3)C1. The van der Waals surface area contributed by atoms with Gasteiger partial charge in [-0.1, -0.05) is 37.3 Å². The molecular formula is C17H23N. The molecule has 1 aliphatic heterocycles. The van der Waals surface area contributed by atoms with E-state index in [1.54, 1.807) is 11.1 Å². The van der Waals surface area contributed by atoms with Crippen molar-refractivity contribution < 1.29 is 0 Å². The molecule has 1 aromatic carbocycles. The van der Waals surface area contributed by atoms with Gasteiger partial charge in [-0.05, 0) is 61.3 Å². The number of nitrogens with one attached hydrogen (secondary N) is 1. The lowest BCUT2D eigenvalue weighted by atomic mass is 9.93. The summed E-state index contributed by atoms with van der Waals surface area (Å²) in [6.07, 6.45) is 11.1. The summed E-state index contributed by atoms with van der Waals surface area (Å²) in [6.45, 7) is 3.53. The molecule has 1 heteroatoms. The van der Waals surface area contributed by atoms with Crippen molar-refractivity contribution in [2.45, 2.75) is 45.1 Å². The number of hydrogen-bond donors (Lipinski definition) is 1. The minimum absolute atomic E-state index is 0.571. The van der Waals surface area contributed by atoms with Crippen LogP contribution >= 0.6 is 0 Å². The summed E-state index contributed by atoms with van der Waals surface area (Å²) >= 11 is 0. The Balaban J connectivity index is 1.68. The maximum Gasteiger partial charge on any atom is 0.0255 e. The maximum atomic E-state index is 3.59. The zero-order valence-corrected chi connectivity index (χ0v) is 11.3. The average molecular weight is 241 g/mol. The molecule has 1 heterocycles. The normalized spacial score (nSPS) is 27.6. The van der Waals surface area contributed by atoms with Crippen LogP contribution in [0.2, 0.25) is 0 Å². The molecule has 0 aromatic heterocycles. The Hall–Kier alpha value is -1.08. The number of piperidine rings is 1. The van der Waals surface area contributed by atoms with Crippen molar-refractivity contribution in [1.82, 2.24) is 5.32 Å². The fraction of sp³-hybridized carbons (Fsp3) is 0.529. The second-order valence-electron chi connectivity index (χ2n) is 5.93. The Morgan fingerprint density at radius 1 is 1.22 bits per heavy atom. The second kappa shape index (κ2) is 5.27. The molecule has 0 amide bonds. The largest absolute Gasteiger partial charge is 0.310 e. The summed E-state index contributed by atoms with van der Waals surface area (Å²) in [4.78, 5) is 0. The van der Waals surface area contributed by atoms with E-state index >= 15 is 0 Å². The van der Waals surface area contributed by atoms with Crippen LogP contribution in [0.1, 0.15) is 42.9 Å². The van der Waals surface area contributed by atoms with Crippen LogP contribution in [0.5, 0.6) is 0 Å². The second-order valence-corrected chi connectivity index (χ2v) is 5.93. The quantitative estimate of drug-likeness (QED) is 0.834. The van der Waals surface area contributed by atoms with Crippen LogP contribution in [0.4, 0.5) is 0 Å². The number of rotatable bonds is 2. The lowest BCUT2D eigenvalue weighted by Crippen LogP contribution is -2.35. The maximum absolute atomic E-state index is 3.59. The van der Waals surface area contributed by atoms with E-state index < -0.39 is 0 Å². The van der Waals surface area contributed by atoms with Gasteiger partial charge >= 0.3 is 0 Å². The first-order chi connectivity index (χ1) is 8.81. The number of aryl methyl sites for hydroxylation is 2. The summed E-state index contributed by atoms with van der Waals surface area (Å²) in [5.41, 5.74) is 4.51. The van der Waals surface area contributed by atoms with E-state index in [-0.39, 0.29) is 0 Å². The van der Waals surface area contributed by atoms with Gasteiger partial charge in [0.05, 0.1) is 0 Å². The number of hydrogen-bond acceptors (Lipinski definition) is 1. The topological polar surface area (TPSA) is 12.0 Å². The van der Waals surface area contributed by atoms with Crippen LogP contribution in [-0.4, -0.2) is 12.6 Å². The van der Waals surface area contributed by atoms with Crippen LogP contribution in [0.25, 0.3) is 6.08 Å². The van der Waals surface area contributed by atoms with E-state index in [0.29, 0.717) is 6.04 Å². The summed E-state index contributed by atoms with van der Waals surface area (Å²) in [7, 11) is 0. The van der Waals surface area contributed by atoms with Crippen molar-refractivity contribution in [2.75, 3.05) is 6.54 Å². The minimum atomic E-state index is 0.571. The van der Waals surface area contributed by atoms with Crippen molar-refractivity contribution in [3.05, 3.63) is 41.0 Å². The molecule has 2 unspecified atom stereocenters. The molecule has 0 radical (unpaired) electrons. The summed E-state index contributed by atoms with van der Waals surface area (Å²) < 4.78 is 0. The van der Waals surface area contributed by atoms with Crippen molar-refractivity contribution in [3.63, 3.8) is 0 Å². The predicted molar refractivity (Wildman–Crippen MR) is 77.7 cm³/mol. The van der Waals surface area contributed by atoms with Gasteiger partial charge in [0.15, 0.2) is 0 Å². The van der Waals surface area contributed by atoms with Gasteiger partial charge in [0.25, 0.3) is 0 Å². The lowest BCUT2D eigenvalue weighted by molar-refractivity contribution is 0.357. The Kier molecular flexibility index (Phi) is 3.51. The molecule has 1 fully saturated rings. The van der Waals surface area contributed by atoms with Crippen molar-refractivity contribution in [2.24, 2.45) is 5.92 Å². The molecule has 18 heavy (non-hydrogen) atoms.